The molecule has 0 aliphatic rings. The van der Waals surface area contributed by atoms with Gasteiger partial charge in [0.1, 0.15) is 5.82 Å². The summed E-state index contributed by atoms with van der Waals surface area (Å²) >= 11 is 1.72. The van der Waals surface area contributed by atoms with E-state index in [0.29, 0.717) is 29.8 Å². The molecule has 7 heteroatoms. The number of urea groups is 1. The molecule has 0 saturated carbocycles. The van der Waals surface area contributed by atoms with E-state index in [9.17, 15) is 9.59 Å². The summed E-state index contributed by atoms with van der Waals surface area (Å²) in [6.45, 7) is 3.23. The minimum atomic E-state index is -0.189. The van der Waals surface area contributed by atoms with Crippen molar-refractivity contribution in [3.05, 3.63) is 75.7 Å². The lowest BCUT2D eigenvalue weighted by Gasteiger charge is -2.21. The number of thiophene rings is 1. The minimum Gasteiger partial charge on any atom is -0.338 e. The Labute approximate surface area is 172 Å². The van der Waals surface area contributed by atoms with Gasteiger partial charge in [-0.2, -0.15) is 0 Å². The van der Waals surface area contributed by atoms with Crippen LogP contribution in [0.25, 0.3) is 21.0 Å². The van der Waals surface area contributed by atoms with E-state index in [-0.39, 0.29) is 18.1 Å². The van der Waals surface area contributed by atoms with Gasteiger partial charge in [-0.15, -0.1) is 11.3 Å². The van der Waals surface area contributed by atoms with Crippen LogP contribution in [0, 0.1) is 0 Å². The number of fused-ring (bicyclic) bond motifs is 2. The first-order chi connectivity index (χ1) is 14.2. The number of carbonyl (C=O) groups is 1. The first-order valence-corrected chi connectivity index (χ1v) is 10.5. The molecule has 0 aliphatic heterocycles. The van der Waals surface area contributed by atoms with Crippen LogP contribution in [0.4, 0.5) is 4.79 Å². The number of carbonyl (C=O) groups excluding carboxylic acids is 1. The van der Waals surface area contributed by atoms with Crippen LogP contribution in [0.3, 0.4) is 0 Å². The second-order valence-electron chi connectivity index (χ2n) is 6.78. The Bertz CT molecular complexity index is 1210. The highest BCUT2D eigenvalue weighted by molar-refractivity contribution is 7.17. The number of nitrogens with zero attached hydrogens (tertiary/aromatic N) is 2. The topological polar surface area (TPSA) is 78.1 Å². The van der Waals surface area contributed by atoms with Gasteiger partial charge in [-0.1, -0.05) is 30.3 Å². The van der Waals surface area contributed by atoms with Crippen molar-refractivity contribution in [2.45, 2.75) is 19.9 Å². The zero-order valence-corrected chi connectivity index (χ0v) is 17.0. The maximum absolute atomic E-state index is 12.6. The van der Waals surface area contributed by atoms with E-state index >= 15 is 0 Å². The molecule has 2 aromatic carbocycles. The van der Waals surface area contributed by atoms with Crippen LogP contribution in [0.5, 0.6) is 0 Å². The zero-order chi connectivity index (χ0) is 20.2. The molecular weight excluding hydrogens is 384 g/mol. The Morgan fingerprint density at radius 2 is 1.90 bits per heavy atom. The number of hydrogen-bond acceptors (Lipinski definition) is 4. The first-order valence-electron chi connectivity index (χ1n) is 9.61. The third kappa shape index (κ3) is 4.14. The summed E-state index contributed by atoms with van der Waals surface area (Å²) in [6.07, 6.45) is 0.776. The van der Waals surface area contributed by atoms with Gasteiger partial charge < -0.3 is 15.2 Å². The molecule has 0 saturated heterocycles. The summed E-state index contributed by atoms with van der Waals surface area (Å²) in [5, 5.41) is 6.93. The largest absolute Gasteiger partial charge is 0.338 e. The fourth-order valence-corrected chi connectivity index (χ4v) is 4.36. The third-order valence-corrected chi connectivity index (χ3v) is 5.92. The smallest absolute Gasteiger partial charge is 0.317 e. The average molecular weight is 407 g/mol. The van der Waals surface area contributed by atoms with Crippen molar-refractivity contribution in [1.29, 1.82) is 0 Å². The van der Waals surface area contributed by atoms with Gasteiger partial charge in [0.05, 0.1) is 17.4 Å². The van der Waals surface area contributed by atoms with Crippen LogP contribution in [0.2, 0.25) is 0 Å². The number of aromatic nitrogens is 2. The summed E-state index contributed by atoms with van der Waals surface area (Å²) in [7, 11) is 0. The molecule has 0 unspecified atom stereocenters. The second-order valence-corrected chi connectivity index (χ2v) is 7.69. The fraction of sp³-hybridized carbons (Fsp3) is 0.227. The molecule has 0 bridgehead atoms. The van der Waals surface area contributed by atoms with Crippen molar-refractivity contribution in [2.75, 3.05) is 13.1 Å². The lowest BCUT2D eigenvalue weighted by atomic mass is 10.1. The quantitative estimate of drug-likeness (QED) is 0.510. The molecule has 2 aromatic heterocycles. The number of rotatable bonds is 6. The van der Waals surface area contributed by atoms with E-state index in [2.05, 4.69) is 32.8 Å². The fourth-order valence-electron chi connectivity index (χ4n) is 3.36. The maximum Gasteiger partial charge on any atom is 0.317 e. The predicted molar refractivity (Wildman–Crippen MR) is 117 cm³/mol. The first kappa shape index (κ1) is 19.1. The summed E-state index contributed by atoms with van der Waals surface area (Å²) in [4.78, 5) is 33.8. The van der Waals surface area contributed by atoms with E-state index in [4.69, 9.17) is 0 Å². The molecule has 4 aromatic rings. The van der Waals surface area contributed by atoms with Gasteiger partial charge in [0, 0.05) is 17.8 Å². The average Bonchev–Trinajstić information content (AvgIpc) is 3.15. The third-order valence-electron chi connectivity index (χ3n) is 4.90. The lowest BCUT2D eigenvalue weighted by Crippen LogP contribution is -2.40. The van der Waals surface area contributed by atoms with Crippen molar-refractivity contribution in [2.24, 2.45) is 0 Å². The molecule has 29 heavy (non-hydrogen) atoms. The van der Waals surface area contributed by atoms with E-state index in [1.54, 1.807) is 34.4 Å². The highest BCUT2D eigenvalue weighted by atomic mass is 32.1. The summed E-state index contributed by atoms with van der Waals surface area (Å²) in [5.41, 5.74) is 1.69. The minimum absolute atomic E-state index is 0.164. The summed E-state index contributed by atoms with van der Waals surface area (Å²) in [5.74, 6) is 0.481. The van der Waals surface area contributed by atoms with Crippen LogP contribution in [0.1, 0.15) is 18.3 Å². The van der Waals surface area contributed by atoms with Crippen LogP contribution in [-0.4, -0.2) is 34.0 Å². The molecule has 2 amide bonds. The molecule has 148 valence electrons. The van der Waals surface area contributed by atoms with Gasteiger partial charge in [0.15, 0.2) is 0 Å². The van der Waals surface area contributed by atoms with E-state index in [0.717, 1.165) is 6.42 Å². The molecule has 2 N–H and O–H groups in total. The Hall–Kier alpha value is -3.19. The number of H-pyrrole nitrogens is 1. The van der Waals surface area contributed by atoms with Gasteiger partial charge >= 0.3 is 6.03 Å². The molecule has 2 heterocycles. The Morgan fingerprint density at radius 3 is 2.72 bits per heavy atom. The zero-order valence-electron chi connectivity index (χ0n) is 16.1. The monoisotopic (exact) mass is 406 g/mol. The normalized spacial score (nSPS) is 11.1. The number of para-hydroxylation sites is 1. The Morgan fingerprint density at radius 1 is 1.14 bits per heavy atom. The highest BCUT2D eigenvalue weighted by Crippen LogP contribution is 2.25. The van der Waals surface area contributed by atoms with Gasteiger partial charge in [0.25, 0.3) is 5.56 Å². The second kappa shape index (κ2) is 8.45. The van der Waals surface area contributed by atoms with Gasteiger partial charge in [-0.05, 0) is 47.9 Å². The Balaban J connectivity index is 1.40. The van der Waals surface area contributed by atoms with Crippen LogP contribution in [-0.2, 0) is 13.0 Å². The number of amides is 2. The van der Waals surface area contributed by atoms with Gasteiger partial charge in [0.2, 0.25) is 0 Å². The van der Waals surface area contributed by atoms with E-state index < -0.39 is 0 Å². The molecule has 0 fully saturated rings. The molecule has 0 spiro atoms. The lowest BCUT2D eigenvalue weighted by molar-refractivity contribution is 0.197. The van der Waals surface area contributed by atoms with Crippen LogP contribution in [0.15, 0.2) is 58.7 Å². The predicted octanol–water partition coefficient (Wildman–Crippen LogP) is 3.91. The summed E-state index contributed by atoms with van der Waals surface area (Å²) < 4.78 is 1.26. The van der Waals surface area contributed by atoms with Gasteiger partial charge in [-0.3, -0.25) is 4.79 Å². The molecular formula is C22H22N4O2S. The molecule has 6 nitrogen and oxygen atoms in total. The number of nitrogens with one attached hydrogen (secondary N) is 2. The van der Waals surface area contributed by atoms with Crippen molar-refractivity contribution < 1.29 is 4.79 Å². The molecule has 4 rings (SSSR count). The SMILES string of the molecule is CCN(Cc1nc2ccccc2c(=O)[nH]1)C(=O)NCCc1csc2ccccc12. The van der Waals surface area contributed by atoms with Crippen molar-refractivity contribution in [1.82, 2.24) is 20.2 Å². The maximum atomic E-state index is 12.6. The van der Waals surface area contributed by atoms with Crippen molar-refractivity contribution >= 4 is 38.4 Å². The van der Waals surface area contributed by atoms with Crippen molar-refractivity contribution in [3.8, 4) is 0 Å². The van der Waals surface area contributed by atoms with Crippen molar-refractivity contribution in [3.63, 3.8) is 0 Å². The summed E-state index contributed by atoms with van der Waals surface area (Å²) in [6, 6.07) is 15.3. The van der Waals surface area contributed by atoms with Crippen LogP contribution < -0.4 is 10.9 Å². The molecule has 0 atom stereocenters. The van der Waals surface area contributed by atoms with Gasteiger partial charge in [-0.25, -0.2) is 9.78 Å². The highest BCUT2D eigenvalue weighted by Gasteiger charge is 2.14. The molecule has 0 radical (unpaired) electrons. The Kier molecular flexibility index (Phi) is 5.57. The standard InChI is InChI=1S/C22H22N4O2S/c1-2-26(13-20-24-18-9-5-3-8-17(18)21(27)25-20)22(28)23-12-11-15-14-29-19-10-6-4-7-16(15)19/h3-10,14H,2,11-13H2,1H3,(H,23,28)(H,24,25,27). The number of benzene rings is 2. The molecule has 0 aliphatic carbocycles. The number of hydrogen-bond donors (Lipinski definition) is 2. The van der Waals surface area contributed by atoms with E-state index in [1.807, 2.05) is 25.1 Å². The van der Waals surface area contributed by atoms with E-state index in [1.165, 1.54) is 15.6 Å². The number of aromatic amines is 1. The van der Waals surface area contributed by atoms with Crippen LogP contribution >= 0.6 is 11.3 Å².